The quantitative estimate of drug-likeness (QED) is 0.590. The van der Waals surface area contributed by atoms with E-state index in [4.69, 9.17) is 0 Å². The topological polar surface area (TPSA) is 35.5 Å². The van der Waals surface area contributed by atoms with Crippen LogP contribution in [-0.2, 0) is 0 Å². The second-order valence-electron chi connectivity index (χ2n) is 3.20. The minimum absolute atomic E-state index is 0.0828. The summed E-state index contributed by atoms with van der Waals surface area (Å²) in [7, 11) is 1.96. The molecule has 1 aliphatic rings. The van der Waals surface area contributed by atoms with E-state index in [9.17, 15) is 5.11 Å². The monoisotopic (exact) mass is 158 g/mol. The zero-order valence-corrected chi connectivity index (χ0v) is 7.21. The lowest BCUT2D eigenvalue weighted by molar-refractivity contribution is 0.0715. The van der Waals surface area contributed by atoms with Crippen molar-refractivity contribution >= 4 is 0 Å². The molecule has 2 N–H and O–H groups in total. The van der Waals surface area contributed by atoms with Gasteiger partial charge in [-0.05, 0) is 26.4 Å². The summed E-state index contributed by atoms with van der Waals surface area (Å²) in [5.41, 5.74) is 0. The van der Waals surface area contributed by atoms with E-state index in [-0.39, 0.29) is 6.10 Å². The third kappa shape index (κ3) is 3.18. The SMILES string of the molecule is CNCCN1CCCC(O)C1. The van der Waals surface area contributed by atoms with Gasteiger partial charge in [0, 0.05) is 19.6 Å². The fourth-order valence-corrected chi connectivity index (χ4v) is 1.50. The van der Waals surface area contributed by atoms with E-state index in [0.717, 1.165) is 39.0 Å². The van der Waals surface area contributed by atoms with Gasteiger partial charge in [0.15, 0.2) is 0 Å². The van der Waals surface area contributed by atoms with Crippen LogP contribution in [0.4, 0.5) is 0 Å². The third-order valence-corrected chi connectivity index (χ3v) is 2.16. The van der Waals surface area contributed by atoms with Crippen molar-refractivity contribution in [3.63, 3.8) is 0 Å². The van der Waals surface area contributed by atoms with Gasteiger partial charge in [-0.2, -0.15) is 0 Å². The molecule has 1 heterocycles. The van der Waals surface area contributed by atoms with Gasteiger partial charge in [-0.15, -0.1) is 0 Å². The number of hydrogen-bond acceptors (Lipinski definition) is 3. The van der Waals surface area contributed by atoms with E-state index >= 15 is 0 Å². The third-order valence-electron chi connectivity index (χ3n) is 2.16. The highest BCUT2D eigenvalue weighted by Gasteiger charge is 2.16. The molecule has 0 bridgehead atoms. The van der Waals surface area contributed by atoms with Crippen LogP contribution in [0.5, 0.6) is 0 Å². The van der Waals surface area contributed by atoms with Crippen LogP contribution in [0.1, 0.15) is 12.8 Å². The lowest BCUT2D eigenvalue weighted by Gasteiger charge is -2.29. The number of likely N-dealkylation sites (tertiary alicyclic amines) is 1. The van der Waals surface area contributed by atoms with Crippen LogP contribution < -0.4 is 5.32 Å². The van der Waals surface area contributed by atoms with E-state index in [0.29, 0.717) is 0 Å². The van der Waals surface area contributed by atoms with Crippen LogP contribution in [0, 0.1) is 0 Å². The van der Waals surface area contributed by atoms with E-state index < -0.39 is 0 Å². The predicted molar refractivity (Wildman–Crippen MR) is 45.6 cm³/mol. The summed E-state index contributed by atoms with van der Waals surface area (Å²) >= 11 is 0. The lowest BCUT2D eigenvalue weighted by atomic mass is 10.1. The average molecular weight is 158 g/mol. The zero-order chi connectivity index (χ0) is 8.10. The largest absolute Gasteiger partial charge is 0.392 e. The molecule has 0 aromatic heterocycles. The summed E-state index contributed by atoms with van der Waals surface area (Å²) in [6.07, 6.45) is 2.04. The molecule has 0 spiro atoms. The number of nitrogens with zero attached hydrogens (tertiary/aromatic N) is 1. The maximum Gasteiger partial charge on any atom is 0.0667 e. The zero-order valence-electron chi connectivity index (χ0n) is 7.21. The van der Waals surface area contributed by atoms with Crippen LogP contribution in [0.3, 0.4) is 0 Å². The Labute approximate surface area is 68.4 Å². The second kappa shape index (κ2) is 4.70. The molecule has 1 unspecified atom stereocenters. The summed E-state index contributed by atoms with van der Waals surface area (Å²) in [6.45, 7) is 4.10. The lowest BCUT2D eigenvalue weighted by Crippen LogP contribution is -2.41. The predicted octanol–water partition coefficient (Wildman–Crippen LogP) is -0.338. The minimum Gasteiger partial charge on any atom is -0.392 e. The fourth-order valence-electron chi connectivity index (χ4n) is 1.50. The summed E-state index contributed by atoms with van der Waals surface area (Å²) in [5.74, 6) is 0. The summed E-state index contributed by atoms with van der Waals surface area (Å²) in [6, 6.07) is 0. The van der Waals surface area contributed by atoms with Crippen LogP contribution in [0.25, 0.3) is 0 Å². The van der Waals surface area contributed by atoms with Gasteiger partial charge in [0.25, 0.3) is 0 Å². The Morgan fingerprint density at radius 1 is 1.64 bits per heavy atom. The van der Waals surface area contributed by atoms with Crippen molar-refractivity contribution in [1.82, 2.24) is 10.2 Å². The first-order valence-electron chi connectivity index (χ1n) is 4.38. The Morgan fingerprint density at radius 3 is 3.09 bits per heavy atom. The Bertz CT molecular complexity index is 108. The molecule has 1 fully saturated rings. The molecule has 1 saturated heterocycles. The number of likely N-dealkylation sites (N-methyl/N-ethyl adjacent to an activating group) is 1. The van der Waals surface area contributed by atoms with Gasteiger partial charge in [0.05, 0.1) is 6.10 Å². The Morgan fingerprint density at radius 2 is 2.45 bits per heavy atom. The van der Waals surface area contributed by atoms with Gasteiger partial charge in [-0.3, -0.25) is 4.90 Å². The molecule has 1 rings (SSSR count). The highest BCUT2D eigenvalue weighted by atomic mass is 16.3. The van der Waals surface area contributed by atoms with Gasteiger partial charge in [0.1, 0.15) is 0 Å². The molecule has 3 nitrogen and oxygen atoms in total. The average Bonchev–Trinajstić information content (AvgIpc) is 2.01. The first kappa shape index (κ1) is 8.97. The van der Waals surface area contributed by atoms with Crippen molar-refractivity contribution in [2.24, 2.45) is 0 Å². The van der Waals surface area contributed by atoms with Crippen molar-refractivity contribution in [3.05, 3.63) is 0 Å². The van der Waals surface area contributed by atoms with Crippen molar-refractivity contribution in [3.8, 4) is 0 Å². The molecule has 1 aliphatic heterocycles. The van der Waals surface area contributed by atoms with Crippen LogP contribution in [-0.4, -0.2) is 49.3 Å². The molecule has 0 saturated carbocycles. The van der Waals surface area contributed by atoms with Crippen LogP contribution >= 0.6 is 0 Å². The van der Waals surface area contributed by atoms with E-state index in [1.54, 1.807) is 0 Å². The van der Waals surface area contributed by atoms with Crippen molar-refractivity contribution in [2.45, 2.75) is 18.9 Å². The summed E-state index contributed by atoms with van der Waals surface area (Å²) < 4.78 is 0. The Balaban J connectivity index is 2.12. The van der Waals surface area contributed by atoms with Gasteiger partial charge < -0.3 is 10.4 Å². The molecule has 0 radical (unpaired) electrons. The molecule has 1 atom stereocenters. The normalized spacial score (nSPS) is 27.3. The molecule has 0 aromatic rings. The number of nitrogens with one attached hydrogen (secondary N) is 1. The minimum atomic E-state index is -0.0828. The molecule has 0 aromatic carbocycles. The Hall–Kier alpha value is -0.120. The summed E-state index contributed by atoms with van der Waals surface area (Å²) in [4.78, 5) is 2.31. The van der Waals surface area contributed by atoms with Gasteiger partial charge in [-0.25, -0.2) is 0 Å². The highest BCUT2D eigenvalue weighted by molar-refractivity contribution is 4.71. The van der Waals surface area contributed by atoms with Crippen molar-refractivity contribution < 1.29 is 5.11 Å². The standard InChI is InChI=1S/C8H18N2O/c1-9-4-6-10-5-2-3-8(11)7-10/h8-9,11H,2-7H2,1H3. The van der Waals surface area contributed by atoms with Gasteiger partial charge in [-0.1, -0.05) is 0 Å². The second-order valence-corrected chi connectivity index (χ2v) is 3.20. The molecule has 66 valence electrons. The van der Waals surface area contributed by atoms with Gasteiger partial charge in [0.2, 0.25) is 0 Å². The number of aliphatic hydroxyl groups is 1. The number of aliphatic hydroxyl groups excluding tert-OH is 1. The molecular weight excluding hydrogens is 140 g/mol. The fraction of sp³-hybridized carbons (Fsp3) is 1.00. The van der Waals surface area contributed by atoms with Crippen molar-refractivity contribution in [2.75, 3.05) is 33.2 Å². The maximum atomic E-state index is 9.32. The van der Waals surface area contributed by atoms with Crippen LogP contribution in [0.2, 0.25) is 0 Å². The van der Waals surface area contributed by atoms with Gasteiger partial charge >= 0.3 is 0 Å². The molecular formula is C8H18N2O. The number of β-amino-alcohol motifs (C(OH)–C–C–N with tert-alkyl or cyclic N) is 1. The molecule has 0 aliphatic carbocycles. The van der Waals surface area contributed by atoms with E-state index in [1.807, 2.05) is 7.05 Å². The summed E-state index contributed by atoms with van der Waals surface area (Å²) in [5, 5.41) is 12.4. The number of rotatable bonds is 3. The Kier molecular flexibility index (Phi) is 3.83. The molecule has 0 amide bonds. The first-order chi connectivity index (χ1) is 5.33. The number of piperidine rings is 1. The smallest absolute Gasteiger partial charge is 0.0667 e. The van der Waals surface area contributed by atoms with Crippen molar-refractivity contribution in [1.29, 1.82) is 0 Å². The van der Waals surface area contributed by atoms with Crippen LogP contribution in [0.15, 0.2) is 0 Å². The molecule has 3 heteroatoms. The number of hydrogen-bond donors (Lipinski definition) is 2. The first-order valence-corrected chi connectivity index (χ1v) is 4.38. The highest BCUT2D eigenvalue weighted by Crippen LogP contribution is 2.08. The molecule has 11 heavy (non-hydrogen) atoms. The maximum absolute atomic E-state index is 9.32. The van der Waals surface area contributed by atoms with E-state index in [2.05, 4.69) is 10.2 Å². The van der Waals surface area contributed by atoms with E-state index in [1.165, 1.54) is 0 Å².